The highest BCUT2D eigenvalue weighted by Crippen LogP contribution is 2.29. The van der Waals surface area contributed by atoms with E-state index in [4.69, 9.17) is 4.74 Å². The Bertz CT molecular complexity index is 652. The van der Waals surface area contributed by atoms with Gasteiger partial charge in [-0.3, -0.25) is 0 Å². The molecular weight excluding hydrogens is 228 g/mol. The number of aromatic nitrogens is 4. The van der Waals surface area contributed by atoms with Gasteiger partial charge in [-0.1, -0.05) is 12.1 Å². The molecule has 0 aliphatic rings. The van der Waals surface area contributed by atoms with Crippen molar-refractivity contribution in [3.8, 4) is 17.0 Å². The van der Waals surface area contributed by atoms with Crippen molar-refractivity contribution in [2.75, 3.05) is 6.61 Å². The Morgan fingerprint density at radius 1 is 1.28 bits per heavy atom. The summed E-state index contributed by atoms with van der Waals surface area (Å²) in [4.78, 5) is 3.15. The van der Waals surface area contributed by atoms with Crippen molar-refractivity contribution in [2.45, 2.75) is 13.8 Å². The number of H-pyrrole nitrogens is 1. The van der Waals surface area contributed by atoms with E-state index in [-0.39, 0.29) is 0 Å². The third-order valence-corrected chi connectivity index (χ3v) is 2.71. The lowest BCUT2D eigenvalue weighted by Gasteiger charge is -2.07. The standard InChI is InChI=1S/C13H14N4O/c1-3-18-12-7-5-4-6-10(12)11-8-13-14-9(2)15-17(13)16-11/h4-8H,3H2,1-2H3,(H,14,15). The SMILES string of the molecule is CCOc1ccccc1-c1cc2[nH]c(C)nn2n1. The van der Waals surface area contributed by atoms with Gasteiger partial charge in [0.1, 0.15) is 17.3 Å². The monoisotopic (exact) mass is 242 g/mol. The van der Waals surface area contributed by atoms with E-state index in [2.05, 4.69) is 15.2 Å². The largest absolute Gasteiger partial charge is 0.493 e. The van der Waals surface area contributed by atoms with Crippen LogP contribution in [0.2, 0.25) is 0 Å². The molecule has 2 heterocycles. The smallest absolute Gasteiger partial charge is 0.156 e. The molecule has 0 aliphatic heterocycles. The molecule has 5 heteroatoms. The van der Waals surface area contributed by atoms with Crippen LogP contribution in [0.4, 0.5) is 0 Å². The summed E-state index contributed by atoms with van der Waals surface area (Å²) in [5.74, 6) is 1.69. The lowest BCUT2D eigenvalue weighted by molar-refractivity contribution is 0.341. The van der Waals surface area contributed by atoms with Crippen LogP contribution in [-0.2, 0) is 0 Å². The second kappa shape index (κ2) is 4.18. The summed E-state index contributed by atoms with van der Waals surface area (Å²) in [7, 11) is 0. The van der Waals surface area contributed by atoms with E-state index in [9.17, 15) is 0 Å². The molecule has 92 valence electrons. The number of para-hydroxylation sites is 1. The average molecular weight is 242 g/mol. The molecule has 5 nitrogen and oxygen atoms in total. The second-order valence-electron chi connectivity index (χ2n) is 4.04. The molecule has 0 saturated carbocycles. The van der Waals surface area contributed by atoms with Crippen LogP contribution in [0.15, 0.2) is 30.3 Å². The van der Waals surface area contributed by atoms with E-state index < -0.39 is 0 Å². The molecule has 0 bridgehead atoms. The van der Waals surface area contributed by atoms with Crippen molar-refractivity contribution in [3.05, 3.63) is 36.2 Å². The normalized spacial score (nSPS) is 11.0. The maximum Gasteiger partial charge on any atom is 0.156 e. The van der Waals surface area contributed by atoms with Crippen molar-refractivity contribution in [1.82, 2.24) is 19.8 Å². The highest BCUT2D eigenvalue weighted by molar-refractivity contribution is 5.70. The Balaban J connectivity index is 2.10. The number of aryl methyl sites for hydroxylation is 1. The molecule has 0 radical (unpaired) electrons. The van der Waals surface area contributed by atoms with Gasteiger partial charge in [-0.2, -0.15) is 0 Å². The van der Waals surface area contributed by atoms with Crippen molar-refractivity contribution in [1.29, 1.82) is 0 Å². The van der Waals surface area contributed by atoms with Gasteiger partial charge in [0.2, 0.25) is 0 Å². The zero-order chi connectivity index (χ0) is 12.5. The number of rotatable bonds is 3. The molecule has 0 atom stereocenters. The molecule has 2 aromatic heterocycles. The number of benzene rings is 1. The Hall–Kier alpha value is -2.30. The summed E-state index contributed by atoms with van der Waals surface area (Å²) in [6, 6.07) is 9.85. The third kappa shape index (κ3) is 1.73. The number of hydrogen-bond donors (Lipinski definition) is 1. The first kappa shape index (κ1) is 10.8. The van der Waals surface area contributed by atoms with Crippen LogP contribution in [-0.4, -0.2) is 26.4 Å². The van der Waals surface area contributed by atoms with Crippen molar-refractivity contribution in [2.24, 2.45) is 0 Å². The van der Waals surface area contributed by atoms with Crippen molar-refractivity contribution in [3.63, 3.8) is 0 Å². The van der Waals surface area contributed by atoms with Crippen molar-refractivity contribution < 1.29 is 4.74 Å². The van der Waals surface area contributed by atoms with Gasteiger partial charge >= 0.3 is 0 Å². The molecule has 0 unspecified atom stereocenters. The van der Waals surface area contributed by atoms with Gasteiger partial charge in [-0.25, -0.2) is 0 Å². The summed E-state index contributed by atoms with van der Waals surface area (Å²) < 4.78 is 7.21. The molecule has 1 N–H and O–H groups in total. The van der Waals surface area contributed by atoms with Gasteiger partial charge in [0.15, 0.2) is 5.65 Å². The van der Waals surface area contributed by atoms with Crippen LogP contribution in [0, 0.1) is 6.92 Å². The first-order valence-electron chi connectivity index (χ1n) is 5.93. The Morgan fingerprint density at radius 2 is 2.11 bits per heavy atom. The first-order valence-corrected chi connectivity index (χ1v) is 5.93. The quantitative estimate of drug-likeness (QED) is 0.767. The first-order chi connectivity index (χ1) is 8.78. The lowest BCUT2D eigenvalue weighted by Crippen LogP contribution is -1.94. The van der Waals surface area contributed by atoms with Crippen LogP contribution < -0.4 is 4.74 Å². The molecule has 0 spiro atoms. The zero-order valence-electron chi connectivity index (χ0n) is 10.3. The number of nitrogens with one attached hydrogen (secondary N) is 1. The molecular formula is C13H14N4O. The molecule has 3 rings (SSSR count). The molecule has 0 aliphatic carbocycles. The summed E-state index contributed by atoms with van der Waals surface area (Å²) in [6.45, 7) is 4.52. The fourth-order valence-electron chi connectivity index (χ4n) is 1.98. The number of fused-ring (bicyclic) bond motifs is 1. The maximum absolute atomic E-state index is 5.61. The van der Waals surface area contributed by atoms with Crippen LogP contribution in [0.1, 0.15) is 12.7 Å². The van der Waals surface area contributed by atoms with E-state index in [1.165, 1.54) is 0 Å². The van der Waals surface area contributed by atoms with Crippen molar-refractivity contribution >= 4 is 5.65 Å². The van der Waals surface area contributed by atoms with Gasteiger partial charge in [0.05, 0.1) is 6.61 Å². The summed E-state index contributed by atoms with van der Waals surface area (Å²) in [6.07, 6.45) is 0. The molecule has 18 heavy (non-hydrogen) atoms. The van der Waals surface area contributed by atoms with E-state index in [1.54, 1.807) is 4.63 Å². The molecule has 0 saturated heterocycles. The number of nitrogens with zero attached hydrogens (tertiary/aromatic N) is 3. The molecule has 1 aromatic carbocycles. The fraction of sp³-hybridized carbons (Fsp3) is 0.231. The van der Waals surface area contributed by atoms with E-state index in [0.717, 1.165) is 28.5 Å². The van der Waals surface area contributed by atoms with E-state index in [0.29, 0.717) is 6.61 Å². The summed E-state index contributed by atoms with van der Waals surface area (Å²) >= 11 is 0. The van der Waals surface area contributed by atoms with Crippen LogP contribution in [0.25, 0.3) is 16.9 Å². The minimum Gasteiger partial charge on any atom is -0.493 e. The maximum atomic E-state index is 5.61. The van der Waals surface area contributed by atoms with Gasteiger partial charge in [0, 0.05) is 11.6 Å². The van der Waals surface area contributed by atoms with Gasteiger partial charge in [-0.05, 0) is 26.0 Å². The highest BCUT2D eigenvalue weighted by atomic mass is 16.5. The second-order valence-corrected chi connectivity index (χ2v) is 4.04. The average Bonchev–Trinajstić information content (AvgIpc) is 2.87. The Morgan fingerprint density at radius 3 is 2.89 bits per heavy atom. The number of aromatic amines is 1. The van der Waals surface area contributed by atoms with Crippen LogP contribution in [0.5, 0.6) is 5.75 Å². The lowest BCUT2D eigenvalue weighted by atomic mass is 10.1. The fourth-order valence-corrected chi connectivity index (χ4v) is 1.98. The zero-order valence-corrected chi connectivity index (χ0v) is 10.3. The van der Waals surface area contributed by atoms with Gasteiger partial charge in [0.25, 0.3) is 0 Å². The minimum absolute atomic E-state index is 0.639. The minimum atomic E-state index is 0.639. The topological polar surface area (TPSA) is 55.2 Å². The summed E-state index contributed by atoms with van der Waals surface area (Å²) in [5, 5.41) is 8.69. The van der Waals surface area contributed by atoms with Crippen LogP contribution >= 0.6 is 0 Å². The predicted molar refractivity (Wildman–Crippen MR) is 68.7 cm³/mol. The molecule has 3 aromatic rings. The predicted octanol–water partition coefficient (Wildman–Crippen LogP) is 2.43. The van der Waals surface area contributed by atoms with Gasteiger partial charge < -0.3 is 9.72 Å². The third-order valence-electron chi connectivity index (χ3n) is 2.71. The molecule has 0 fully saturated rings. The van der Waals surface area contributed by atoms with Crippen LogP contribution in [0.3, 0.4) is 0 Å². The van der Waals surface area contributed by atoms with E-state index in [1.807, 2.05) is 44.2 Å². The number of ether oxygens (including phenoxy) is 1. The Kier molecular flexibility index (Phi) is 2.51. The highest BCUT2D eigenvalue weighted by Gasteiger charge is 2.11. The number of hydrogen-bond acceptors (Lipinski definition) is 3. The van der Waals surface area contributed by atoms with E-state index >= 15 is 0 Å². The summed E-state index contributed by atoms with van der Waals surface area (Å²) in [5.41, 5.74) is 2.72. The Labute approximate surface area is 104 Å². The van der Waals surface area contributed by atoms with Gasteiger partial charge in [-0.15, -0.1) is 14.8 Å². The molecule has 0 amide bonds.